The number of phenols is 1. The van der Waals surface area contributed by atoms with E-state index < -0.39 is 0 Å². The van der Waals surface area contributed by atoms with Crippen LogP contribution in [0.2, 0.25) is 0 Å². The predicted octanol–water partition coefficient (Wildman–Crippen LogP) is 3.13. The van der Waals surface area contributed by atoms with Gasteiger partial charge in [0.1, 0.15) is 5.75 Å². The highest BCUT2D eigenvalue weighted by molar-refractivity contribution is 5.35. The molecule has 3 nitrogen and oxygen atoms in total. The first-order valence-electron chi connectivity index (χ1n) is 9.39. The van der Waals surface area contributed by atoms with Crippen LogP contribution in [0.25, 0.3) is 0 Å². The number of rotatable bonds is 4. The van der Waals surface area contributed by atoms with Crippen molar-refractivity contribution in [2.75, 3.05) is 26.7 Å². The van der Waals surface area contributed by atoms with Crippen LogP contribution in [0.1, 0.15) is 44.1 Å². The normalized spacial score (nSPS) is 35.0. The fraction of sp³-hybridized carbons (Fsp3) is 0.700. The minimum absolute atomic E-state index is 0.255. The Morgan fingerprint density at radius 2 is 2.13 bits per heavy atom. The summed E-state index contributed by atoms with van der Waals surface area (Å²) in [6.07, 6.45) is 7.95. The Morgan fingerprint density at radius 1 is 1.26 bits per heavy atom. The molecule has 1 aromatic rings. The zero-order valence-electron chi connectivity index (χ0n) is 14.3. The van der Waals surface area contributed by atoms with Gasteiger partial charge in [0.2, 0.25) is 0 Å². The van der Waals surface area contributed by atoms with E-state index in [1.807, 2.05) is 12.1 Å². The van der Waals surface area contributed by atoms with Crippen LogP contribution in [-0.4, -0.2) is 42.7 Å². The standard InChI is InChI=1S/C20H30N2O/c1-21-18-8-7-17-14-22(13-15-5-6-15)10-9-20(17,12-18)16-3-2-4-19(23)11-16/h2-4,11,15,17-18,21,23H,5-10,12-14H2,1H3/t17?,18-,20+/m0/s1. The van der Waals surface area contributed by atoms with Crippen LogP contribution in [0.5, 0.6) is 5.75 Å². The first-order chi connectivity index (χ1) is 11.2. The number of benzene rings is 1. The molecule has 1 aliphatic heterocycles. The van der Waals surface area contributed by atoms with Gasteiger partial charge in [-0.1, -0.05) is 12.1 Å². The molecule has 3 fully saturated rings. The Hall–Kier alpha value is -1.06. The van der Waals surface area contributed by atoms with Gasteiger partial charge in [0, 0.05) is 24.5 Å². The second kappa shape index (κ2) is 6.10. The molecule has 0 radical (unpaired) electrons. The summed E-state index contributed by atoms with van der Waals surface area (Å²) in [5.41, 5.74) is 1.62. The van der Waals surface area contributed by atoms with Crippen LogP contribution in [0, 0.1) is 11.8 Å². The molecule has 4 rings (SSSR count). The van der Waals surface area contributed by atoms with Gasteiger partial charge in [-0.05, 0) is 81.6 Å². The molecule has 1 heterocycles. The van der Waals surface area contributed by atoms with Gasteiger partial charge in [0.05, 0.1) is 0 Å². The first kappa shape index (κ1) is 15.5. The van der Waals surface area contributed by atoms with E-state index in [0.717, 1.165) is 11.8 Å². The number of phenolic OH excluding ortho intramolecular Hbond substituents is 1. The van der Waals surface area contributed by atoms with Crippen LogP contribution in [0.15, 0.2) is 24.3 Å². The maximum Gasteiger partial charge on any atom is 0.115 e. The van der Waals surface area contributed by atoms with Crippen molar-refractivity contribution >= 4 is 0 Å². The van der Waals surface area contributed by atoms with Gasteiger partial charge in [-0.25, -0.2) is 0 Å². The minimum Gasteiger partial charge on any atom is -0.508 e. The Morgan fingerprint density at radius 3 is 2.87 bits per heavy atom. The van der Waals surface area contributed by atoms with Crippen molar-refractivity contribution in [3.8, 4) is 5.75 Å². The molecule has 1 saturated heterocycles. The van der Waals surface area contributed by atoms with E-state index in [-0.39, 0.29) is 5.41 Å². The smallest absolute Gasteiger partial charge is 0.115 e. The van der Waals surface area contributed by atoms with E-state index >= 15 is 0 Å². The summed E-state index contributed by atoms with van der Waals surface area (Å²) in [6.45, 7) is 3.80. The SMILES string of the molecule is CN[C@H]1CCC2CN(CC3CC3)CC[C@]2(c2cccc(O)c2)C1. The van der Waals surface area contributed by atoms with Crippen molar-refractivity contribution in [3.63, 3.8) is 0 Å². The molecule has 3 atom stereocenters. The van der Waals surface area contributed by atoms with Gasteiger partial charge in [-0.15, -0.1) is 0 Å². The summed E-state index contributed by atoms with van der Waals surface area (Å²) < 4.78 is 0. The Balaban J connectivity index is 1.61. The highest BCUT2D eigenvalue weighted by atomic mass is 16.3. The van der Waals surface area contributed by atoms with Crippen LogP contribution in [0.4, 0.5) is 0 Å². The summed E-state index contributed by atoms with van der Waals surface area (Å²) in [5, 5.41) is 13.5. The molecule has 0 aromatic heterocycles. The molecular weight excluding hydrogens is 284 g/mol. The lowest BCUT2D eigenvalue weighted by Gasteiger charge is -2.53. The molecule has 1 aromatic carbocycles. The molecule has 0 spiro atoms. The molecule has 126 valence electrons. The van der Waals surface area contributed by atoms with Gasteiger partial charge in [-0.2, -0.15) is 0 Å². The molecule has 2 saturated carbocycles. The first-order valence-corrected chi connectivity index (χ1v) is 9.39. The molecular formula is C20H30N2O. The lowest BCUT2D eigenvalue weighted by atomic mass is 9.58. The number of piperidine rings is 1. The zero-order valence-corrected chi connectivity index (χ0v) is 14.3. The number of nitrogens with zero attached hydrogens (tertiary/aromatic N) is 1. The number of likely N-dealkylation sites (tertiary alicyclic amines) is 1. The van der Waals surface area contributed by atoms with Crippen molar-refractivity contribution in [3.05, 3.63) is 29.8 Å². The van der Waals surface area contributed by atoms with Crippen LogP contribution < -0.4 is 5.32 Å². The van der Waals surface area contributed by atoms with Crippen molar-refractivity contribution in [2.45, 2.75) is 50.0 Å². The molecule has 2 aliphatic carbocycles. The molecule has 1 unspecified atom stereocenters. The van der Waals surface area contributed by atoms with Gasteiger partial charge >= 0.3 is 0 Å². The van der Waals surface area contributed by atoms with Crippen molar-refractivity contribution < 1.29 is 5.11 Å². The fourth-order valence-electron chi connectivity index (χ4n) is 5.11. The summed E-state index contributed by atoms with van der Waals surface area (Å²) in [6, 6.07) is 8.72. The number of fused-ring (bicyclic) bond motifs is 1. The average Bonchev–Trinajstić information content (AvgIpc) is 3.38. The molecule has 2 N–H and O–H groups in total. The quantitative estimate of drug-likeness (QED) is 0.896. The molecule has 3 aliphatic rings. The second-order valence-corrected chi connectivity index (χ2v) is 8.12. The molecule has 3 heteroatoms. The second-order valence-electron chi connectivity index (χ2n) is 8.12. The molecule has 23 heavy (non-hydrogen) atoms. The predicted molar refractivity (Wildman–Crippen MR) is 93.8 cm³/mol. The maximum atomic E-state index is 10.0. The van der Waals surface area contributed by atoms with Crippen molar-refractivity contribution in [1.29, 1.82) is 0 Å². The van der Waals surface area contributed by atoms with Crippen LogP contribution >= 0.6 is 0 Å². The average molecular weight is 314 g/mol. The fourth-order valence-corrected chi connectivity index (χ4v) is 5.11. The van der Waals surface area contributed by atoms with Crippen LogP contribution in [0.3, 0.4) is 0 Å². The van der Waals surface area contributed by atoms with E-state index in [2.05, 4.69) is 23.3 Å². The highest BCUT2D eigenvalue weighted by Crippen LogP contribution is 2.50. The van der Waals surface area contributed by atoms with E-state index in [1.165, 1.54) is 63.7 Å². The van der Waals surface area contributed by atoms with Gasteiger partial charge in [-0.3, -0.25) is 0 Å². The van der Waals surface area contributed by atoms with Gasteiger partial charge in [0.15, 0.2) is 0 Å². The van der Waals surface area contributed by atoms with E-state index in [4.69, 9.17) is 0 Å². The molecule has 0 bridgehead atoms. The van der Waals surface area contributed by atoms with E-state index in [0.29, 0.717) is 11.8 Å². The topological polar surface area (TPSA) is 35.5 Å². The Bertz CT molecular complexity index is 556. The third-order valence-corrected chi connectivity index (χ3v) is 6.65. The van der Waals surface area contributed by atoms with Crippen LogP contribution in [-0.2, 0) is 5.41 Å². The lowest BCUT2D eigenvalue weighted by Crippen LogP contribution is -2.55. The highest BCUT2D eigenvalue weighted by Gasteiger charge is 2.48. The third-order valence-electron chi connectivity index (χ3n) is 6.65. The summed E-state index contributed by atoms with van der Waals surface area (Å²) >= 11 is 0. The maximum absolute atomic E-state index is 10.0. The van der Waals surface area contributed by atoms with Gasteiger partial charge in [0.25, 0.3) is 0 Å². The molecule has 0 amide bonds. The largest absolute Gasteiger partial charge is 0.508 e. The monoisotopic (exact) mass is 314 g/mol. The zero-order chi connectivity index (χ0) is 15.9. The number of aromatic hydroxyl groups is 1. The van der Waals surface area contributed by atoms with Crippen molar-refractivity contribution in [2.24, 2.45) is 11.8 Å². The van der Waals surface area contributed by atoms with Crippen molar-refractivity contribution in [1.82, 2.24) is 10.2 Å². The number of nitrogens with one attached hydrogen (secondary N) is 1. The number of hydrogen-bond acceptors (Lipinski definition) is 3. The Labute approximate surface area is 140 Å². The third kappa shape index (κ3) is 3.01. The minimum atomic E-state index is 0.255. The summed E-state index contributed by atoms with van der Waals surface area (Å²) in [7, 11) is 2.10. The summed E-state index contributed by atoms with van der Waals surface area (Å²) in [4.78, 5) is 2.73. The lowest BCUT2D eigenvalue weighted by molar-refractivity contribution is 0.0426. The van der Waals surface area contributed by atoms with E-state index in [9.17, 15) is 5.11 Å². The van der Waals surface area contributed by atoms with Gasteiger partial charge < -0.3 is 15.3 Å². The summed E-state index contributed by atoms with van der Waals surface area (Å²) in [5.74, 6) is 2.14. The number of hydrogen-bond donors (Lipinski definition) is 2. The van der Waals surface area contributed by atoms with E-state index in [1.54, 1.807) is 6.07 Å². The Kier molecular flexibility index (Phi) is 4.10.